The molecule has 4 rings (SSSR count). The average Bonchev–Trinajstić information content (AvgIpc) is 3.03. The van der Waals surface area contributed by atoms with Crippen molar-refractivity contribution in [1.29, 1.82) is 5.41 Å². The van der Waals surface area contributed by atoms with Gasteiger partial charge in [0.2, 0.25) is 11.8 Å². The van der Waals surface area contributed by atoms with E-state index in [-0.39, 0.29) is 34.9 Å². The van der Waals surface area contributed by atoms with Crippen LogP contribution in [0.3, 0.4) is 0 Å². The Bertz CT molecular complexity index is 992. The van der Waals surface area contributed by atoms with Gasteiger partial charge in [0.05, 0.1) is 0 Å². The van der Waals surface area contributed by atoms with Crippen LogP contribution in [0, 0.1) is 16.2 Å². The van der Waals surface area contributed by atoms with E-state index >= 15 is 0 Å². The Labute approximate surface area is 174 Å². The summed E-state index contributed by atoms with van der Waals surface area (Å²) in [5.41, 5.74) is 4.40. The minimum Gasteiger partial charge on any atom is -0.494 e. The Balaban J connectivity index is 1.58. The van der Waals surface area contributed by atoms with E-state index in [2.05, 4.69) is 5.32 Å². The number of carbonyl (C=O) groups excluding carboxylic acids is 1. The Morgan fingerprint density at radius 2 is 1.90 bits per heavy atom. The molecule has 2 spiro atoms. The van der Waals surface area contributed by atoms with Gasteiger partial charge in [0.15, 0.2) is 0 Å². The highest BCUT2D eigenvalue weighted by Crippen LogP contribution is 2.64. The zero-order chi connectivity index (χ0) is 21.7. The average molecular weight is 418 g/mol. The summed E-state index contributed by atoms with van der Waals surface area (Å²) in [4.78, 5) is 37.7. The van der Waals surface area contributed by atoms with Gasteiger partial charge < -0.3 is 16.2 Å². The smallest absolute Gasteiger partial charge is 0.334 e. The van der Waals surface area contributed by atoms with E-state index in [9.17, 15) is 19.5 Å². The highest BCUT2D eigenvalue weighted by Gasteiger charge is 2.57. The zero-order valence-corrected chi connectivity index (χ0v) is 17.5. The second-order valence-electron chi connectivity index (χ2n) is 9.61. The molecule has 0 bridgehead atoms. The fourth-order valence-electron chi connectivity index (χ4n) is 6.10. The molecule has 1 saturated heterocycles. The molecular weight excluding hydrogens is 386 g/mol. The van der Waals surface area contributed by atoms with E-state index in [1.807, 2.05) is 6.92 Å². The number of hydrogen-bond acceptors (Lipinski definition) is 5. The maximum atomic E-state index is 13.1. The van der Waals surface area contributed by atoms with E-state index in [1.165, 1.54) is 9.13 Å². The molecule has 0 atom stereocenters. The number of aromatic hydroxyl groups is 1. The Hall–Kier alpha value is -2.58. The van der Waals surface area contributed by atoms with E-state index < -0.39 is 23.0 Å². The van der Waals surface area contributed by atoms with Crippen molar-refractivity contribution in [3.05, 3.63) is 26.4 Å². The second kappa shape index (κ2) is 7.28. The van der Waals surface area contributed by atoms with Gasteiger partial charge in [-0.05, 0) is 55.8 Å². The van der Waals surface area contributed by atoms with Crippen LogP contribution in [0.4, 0.5) is 0 Å². The normalized spacial score (nSPS) is 30.4. The molecule has 164 valence electrons. The molecule has 1 aromatic heterocycles. The van der Waals surface area contributed by atoms with Crippen molar-refractivity contribution >= 4 is 11.7 Å². The number of rotatable bonds is 5. The van der Waals surface area contributed by atoms with Crippen LogP contribution < -0.4 is 22.3 Å². The number of nitrogen functional groups attached to an aromatic ring is 1. The molecule has 3 fully saturated rings. The first kappa shape index (κ1) is 20.7. The third-order valence-corrected chi connectivity index (χ3v) is 7.43. The molecule has 2 aliphatic carbocycles. The molecule has 30 heavy (non-hydrogen) atoms. The van der Waals surface area contributed by atoms with Crippen molar-refractivity contribution in [1.82, 2.24) is 14.5 Å². The van der Waals surface area contributed by atoms with E-state index in [0.29, 0.717) is 25.7 Å². The number of unbranched alkanes of at least 4 members (excludes halogenated alkanes) is 1. The second-order valence-corrected chi connectivity index (χ2v) is 9.61. The lowest BCUT2D eigenvalue weighted by Crippen LogP contribution is -2.51. The molecule has 1 aliphatic heterocycles. The lowest BCUT2D eigenvalue weighted by molar-refractivity contribution is -0.122. The number of amides is 1. The number of nitrogens with two attached hydrogens (primary N) is 1. The third kappa shape index (κ3) is 3.24. The first-order valence-corrected chi connectivity index (χ1v) is 10.9. The van der Waals surface area contributed by atoms with Crippen molar-refractivity contribution in [2.24, 2.45) is 16.6 Å². The highest BCUT2D eigenvalue weighted by atomic mass is 16.3. The summed E-state index contributed by atoms with van der Waals surface area (Å²) >= 11 is 0. The minimum atomic E-state index is -0.672. The quantitative estimate of drug-likeness (QED) is 0.420. The van der Waals surface area contributed by atoms with Gasteiger partial charge in [-0.25, -0.2) is 4.79 Å². The lowest BCUT2D eigenvalue weighted by atomic mass is 9.48. The van der Waals surface area contributed by atoms with Crippen molar-refractivity contribution < 1.29 is 9.90 Å². The van der Waals surface area contributed by atoms with Gasteiger partial charge in [0.1, 0.15) is 11.4 Å². The summed E-state index contributed by atoms with van der Waals surface area (Å²) in [6, 6.07) is -0.262. The summed E-state index contributed by atoms with van der Waals surface area (Å²) < 4.78 is 2.40. The molecule has 0 radical (unpaired) electrons. The Morgan fingerprint density at radius 1 is 1.23 bits per heavy atom. The molecule has 1 amide bonds. The maximum absolute atomic E-state index is 13.1. The van der Waals surface area contributed by atoms with E-state index in [1.54, 1.807) is 0 Å². The van der Waals surface area contributed by atoms with Crippen LogP contribution in [0.25, 0.3) is 0 Å². The van der Waals surface area contributed by atoms with E-state index in [0.717, 1.165) is 38.6 Å². The minimum absolute atomic E-state index is 0.105. The molecule has 0 unspecified atom stereocenters. The first-order valence-electron chi connectivity index (χ1n) is 10.9. The number of nitrogens with zero attached hydrogens (tertiary/aromatic N) is 2. The zero-order valence-electron chi connectivity index (χ0n) is 17.5. The van der Waals surface area contributed by atoms with E-state index in [4.69, 9.17) is 11.1 Å². The first-order chi connectivity index (χ1) is 14.2. The van der Waals surface area contributed by atoms with Crippen LogP contribution in [0.2, 0.25) is 0 Å². The third-order valence-electron chi connectivity index (χ3n) is 7.43. The van der Waals surface area contributed by atoms with Gasteiger partial charge in [-0.1, -0.05) is 13.3 Å². The summed E-state index contributed by atoms with van der Waals surface area (Å²) in [6.07, 6.45) is 7.36. The molecule has 2 saturated carbocycles. The van der Waals surface area contributed by atoms with Crippen LogP contribution in [0.1, 0.15) is 76.3 Å². The molecule has 0 aromatic carbocycles. The summed E-state index contributed by atoms with van der Waals surface area (Å²) in [5, 5.41) is 21.1. The monoisotopic (exact) mass is 417 g/mol. The largest absolute Gasteiger partial charge is 0.494 e. The number of amidine groups is 1. The number of hydrogen-bond donors (Lipinski definition) is 4. The van der Waals surface area contributed by atoms with Crippen LogP contribution in [-0.2, 0) is 11.3 Å². The highest BCUT2D eigenvalue weighted by molar-refractivity contribution is 5.96. The molecule has 3 aliphatic rings. The van der Waals surface area contributed by atoms with Crippen molar-refractivity contribution in [3.63, 3.8) is 0 Å². The van der Waals surface area contributed by atoms with Gasteiger partial charge in [-0.3, -0.25) is 24.1 Å². The summed E-state index contributed by atoms with van der Waals surface area (Å²) in [7, 11) is 0. The standard InChI is InChI=1S/C21H31N5O4/c1-2-3-8-25-17(28)15(16(22)23)18(29)26(19(25)30)13-4-6-20(7-5-13)10-21(11-20)9-14(27)24-12-21/h13,28H,2-12H2,1H3,(H3,22,23)(H,24,27). The van der Waals surface area contributed by atoms with Gasteiger partial charge in [-0.2, -0.15) is 0 Å². The number of carbonyl (C=O) groups is 1. The maximum Gasteiger partial charge on any atom is 0.334 e. The lowest BCUT2D eigenvalue weighted by Gasteiger charge is -2.57. The predicted octanol–water partition coefficient (Wildman–Crippen LogP) is 1.20. The molecular formula is C21H31N5O4. The summed E-state index contributed by atoms with van der Waals surface area (Å²) in [5.74, 6) is -0.893. The SMILES string of the molecule is CCCCn1c(O)c(C(=N)N)c(=O)n(C2CCC3(CC2)CC2(CNC(=O)C2)C3)c1=O. The van der Waals surface area contributed by atoms with Gasteiger partial charge >= 0.3 is 5.69 Å². The number of nitrogens with one attached hydrogen (secondary N) is 2. The predicted molar refractivity (Wildman–Crippen MR) is 112 cm³/mol. The van der Waals surface area contributed by atoms with Gasteiger partial charge in [0, 0.05) is 25.6 Å². The number of aromatic nitrogens is 2. The molecule has 2 heterocycles. The topological polar surface area (TPSA) is 143 Å². The Kier molecular flexibility index (Phi) is 5.02. The molecule has 9 nitrogen and oxygen atoms in total. The molecule has 9 heteroatoms. The Morgan fingerprint density at radius 3 is 2.43 bits per heavy atom. The van der Waals surface area contributed by atoms with Crippen LogP contribution in [0.5, 0.6) is 5.88 Å². The van der Waals surface area contributed by atoms with Crippen molar-refractivity contribution in [2.45, 2.75) is 77.3 Å². The van der Waals surface area contributed by atoms with Gasteiger partial charge in [0.25, 0.3) is 5.56 Å². The van der Waals surface area contributed by atoms with Gasteiger partial charge in [-0.15, -0.1) is 0 Å². The molecule has 1 aromatic rings. The van der Waals surface area contributed by atoms with Crippen molar-refractivity contribution in [3.8, 4) is 5.88 Å². The fourth-order valence-corrected chi connectivity index (χ4v) is 6.10. The van der Waals surface area contributed by atoms with Crippen LogP contribution in [0.15, 0.2) is 9.59 Å². The van der Waals surface area contributed by atoms with Crippen molar-refractivity contribution in [2.75, 3.05) is 6.54 Å². The van der Waals surface area contributed by atoms with Crippen LogP contribution in [-0.4, -0.2) is 32.5 Å². The fraction of sp³-hybridized carbons (Fsp3) is 0.714. The molecule has 5 N–H and O–H groups in total. The van der Waals surface area contributed by atoms with Crippen LogP contribution >= 0.6 is 0 Å². The summed E-state index contributed by atoms with van der Waals surface area (Å²) in [6.45, 7) is 3.02.